The normalized spacial score (nSPS) is 15.0. The summed E-state index contributed by atoms with van der Waals surface area (Å²) in [6.07, 6.45) is 3.31. The molecule has 94 valence electrons. The lowest BCUT2D eigenvalue weighted by Gasteiger charge is -2.04. The van der Waals surface area contributed by atoms with E-state index in [-0.39, 0.29) is 0 Å². The van der Waals surface area contributed by atoms with Crippen LogP contribution in [0.4, 0.5) is 5.13 Å². The first-order valence-corrected chi connectivity index (χ1v) is 7.81. The smallest absolute Gasteiger partial charge is 0.180 e. The Morgan fingerprint density at radius 2 is 2.22 bits per heavy atom. The minimum atomic E-state index is 0.628. The fourth-order valence-electron chi connectivity index (χ4n) is 2.02. The van der Waals surface area contributed by atoms with Crippen molar-refractivity contribution in [2.24, 2.45) is 0 Å². The molecule has 1 fully saturated rings. The number of anilines is 1. The Hall–Kier alpha value is -0.580. The predicted octanol–water partition coefficient (Wildman–Crippen LogP) is 4.61. The molecule has 18 heavy (non-hydrogen) atoms. The number of nitrogens with zero attached hydrogens (tertiary/aromatic N) is 1. The van der Waals surface area contributed by atoms with E-state index in [1.54, 1.807) is 11.3 Å². The minimum absolute atomic E-state index is 0.628. The van der Waals surface area contributed by atoms with E-state index in [1.807, 2.05) is 12.1 Å². The molecule has 0 unspecified atom stereocenters. The summed E-state index contributed by atoms with van der Waals surface area (Å²) in [5, 5.41) is 1.46. The van der Waals surface area contributed by atoms with Crippen molar-refractivity contribution in [2.45, 2.75) is 25.2 Å². The maximum Gasteiger partial charge on any atom is 0.180 e. The first kappa shape index (κ1) is 12.5. The van der Waals surface area contributed by atoms with Gasteiger partial charge < -0.3 is 5.73 Å². The molecule has 1 aliphatic carbocycles. The number of halogens is 2. The van der Waals surface area contributed by atoms with E-state index in [2.05, 4.69) is 27.0 Å². The van der Waals surface area contributed by atoms with Gasteiger partial charge in [-0.2, -0.15) is 0 Å². The first-order chi connectivity index (χ1) is 8.63. The quantitative estimate of drug-likeness (QED) is 0.884. The topological polar surface area (TPSA) is 38.9 Å². The van der Waals surface area contributed by atoms with Gasteiger partial charge in [-0.3, -0.25) is 0 Å². The maximum atomic E-state index is 6.26. The van der Waals surface area contributed by atoms with E-state index in [0.717, 1.165) is 21.5 Å². The van der Waals surface area contributed by atoms with Crippen molar-refractivity contribution in [1.29, 1.82) is 0 Å². The van der Waals surface area contributed by atoms with E-state index in [4.69, 9.17) is 17.3 Å². The Labute approximate surface area is 123 Å². The third-order valence-electron chi connectivity index (χ3n) is 3.07. The van der Waals surface area contributed by atoms with E-state index >= 15 is 0 Å². The number of thiazole rings is 1. The van der Waals surface area contributed by atoms with Crippen molar-refractivity contribution >= 4 is 44.0 Å². The van der Waals surface area contributed by atoms with Crippen molar-refractivity contribution in [2.75, 3.05) is 5.73 Å². The zero-order valence-corrected chi connectivity index (χ0v) is 12.8. The standard InChI is InChI=1S/C13H12BrClN2S/c14-9-4-3-8(10(15)6-9)5-11-12(7-1-2-7)17-13(16)18-11/h3-4,6-7H,1-2,5H2,(H2,16,17). The van der Waals surface area contributed by atoms with Gasteiger partial charge in [0.25, 0.3) is 0 Å². The van der Waals surface area contributed by atoms with Gasteiger partial charge in [0.1, 0.15) is 0 Å². The number of nitrogen functional groups attached to an aromatic ring is 1. The van der Waals surface area contributed by atoms with E-state index in [1.165, 1.54) is 23.4 Å². The summed E-state index contributed by atoms with van der Waals surface area (Å²) in [6, 6.07) is 6.00. The van der Waals surface area contributed by atoms with E-state index in [9.17, 15) is 0 Å². The zero-order valence-electron chi connectivity index (χ0n) is 9.62. The molecule has 0 spiro atoms. The largest absolute Gasteiger partial charge is 0.375 e. The number of rotatable bonds is 3. The molecule has 1 aromatic heterocycles. The Morgan fingerprint density at radius 1 is 1.44 bits per heavy atom. The second-order valence-corrected chi connectivity index (χ2v) is 6.99. The molecule has 1 aliphatic rings. The van der Waals surface area contributed by atoms with Gasteiger partial charge in [0, 0.05) is 26.7 Å². The summed E-state index contributed by atoms with van der Waals surface area (Å²) in [6.45, 7) is 0. The van der Waals surface area contributed by atoms with Crippen molar-refractivity contribution in [1.82, 2.24) is 4.98 Å². The molecule has 3 rings (SSSR count). The van der Waals surface area contributed by atoms with Gasteiger partial charge in [-0.1, -0.05) is 33.6 Å². The van der Waals surface area contributed by atoms with Gasteiger partial charge in [-0.25, -0.2) is 4.98 Å². The molecular weight excluding hydrogens is 332 g/mol. The monoisotopic (exact) mass is 342 g/mol. The summed E-state index contributed by atoms with van der Waals surface area (Å²) in [5.41, 5.74) is 8.15. The molecular formula is C13H12BrClN2S. The van der Waals surface area contributed by atoms with Crippen molar-refractivity contribution in [3.8, 4) is 0 Å². The van der Waals surface area contributed by atoms with Crippen molar-refractivity contribution in [3.05, 3.63) is 43.8 Å². The second kappa shape index (κ2) is 4.83. The molecule has 0 radical (unpaired) electrons. The highest BCUT2D eigenvalue weighted by molar-refractivity contribution is 9.10. The number of hydrogen-bond acceptors (Lipinski definition) is 3. The highest BCUT2D eigenvalue weighted by Gasteiger charge is 2.29. The van der Waals surface area contributed by atoms with Crippen LogP contribution in [0.15, 0.2) is 22.7 Å². The van der Waals surface area contributed by atoms with Crippen molar-refractivity contribution < 1.29 is 0 Å². The van der Waals surface area contributed by atoms with Crippen LogP contribution in [-0.2, 0) is 6.42 Å². The Bertz CT molecular complexity index is 593. The molecule has 0 aliphatic heterocycles. The Balaban J connectivity index is 1.91. The molecule has 1 aromatic carbocycles. The van der Waals surface area contributed by atoms with Gasteiger partial charge in [0.15, 0.2) is 5.13 Å². The third-order valence-corrected chi connectivity index (χ3v) is 4.82. The predicted molar refractivity (Wildman–Crippen MR) is 80.5 cm³/mol. The number of hydrogen-bond donors (Lipinski definition) is 1. The highest BCUT2D eigenvalue weighted by Crippen LogP contribution is 2.44. The summed E-state index contributed by atoms with van der Waals surface area (Å²) < 4.78 is 1.00. The van der Waals surface area contributed by atoms with Crippen LogP contribution in [0, 0.1) is 0 Å². The molecule has 5 heteroatoms. The van der Waals surface area contributed by atoms with Crippen LogP contribution >= 0.6 is 38.9 Å². The van der Waals surface area contributed by atoms with Gasteiger partial charge in [-0.15, -0.1) is 11.3 Å². The highest BCUT2D eigenvalue weighted by atomic mass is 79.9. The fraction of sp³-hybridized carbons (Fsp3) is 0.308. The van der Waals surface area contributed by atoms with Gasteiger partial charge in [0.05, 0.1) is 5.69 Å². The Morgan fingerprint density at radius 3 is 2.89 bits per heavy atom. The molecule has 0 atom stereocenters. The summed E-state index contributed by atoms with van der Waals surface area (Å²) in [7, 11) is 0. The zero-order chi connectivity index (χ0) is 12.7. The average Bonchev–Trinajstić information content (AvgIpc) is 3.08. The maximum absolute atomic E-state index is 6.26. The summed E-state index contributed by atoms with van der Waals surface area (Å²) in [5.74, 6) is 0.628. The third kappa shape index (κ3) is 2.56. The molecule has 1 saturated carbocycles. The van der Waals surface area contributed by atoms with Gasteiger partial charge >= 0.3 is 0 Å². The molecule has 0 bridgehead atoms. The molecule has 1 heterocycles. The van der Waals surface area contributed by atoms with Crippen LogP contribution in [0.1, 0.15) is 34.9 Å². The van der Waals surface area contributed by atoms with Crippen molar-refractivity contribution in [3.63, 3.8) is 0 Å². The lowest BCUT2D eigenvalue weighted by molar-refractivity contribution is 1.01. The molecule has 0 amide bonds. The van der Waals surface area contributed by atoms with Crippen LogP contribution < -0.4 is 5.73 Å². The van der Waals surface area contributed by atoms with E-state index < -0.39 is 0 Å². The fourth-order valence-corrected chi connectivity index (χ4v) is 3.70. The Kier molecular flexibility index (Phi) is 3.34. The molecule has 0 saturated heterocycles. The number of benzene rings is 1. The van der Waals surface area contributed by atoms with Gasteiger partial charge in [-0.05, 0) is 30.5 Å². The van der Waals surface area contributed by atoms with Crippen LogP contribution in [0.25, 0.3) is 0 Å². The minimum Gasteiger partial charge on any atom is -0.375 e. The second-order valence-electron chi connectivity index (χ2n) is 4.55. The summed E-state index contributed by atoms with van der Waals surface area (Å²) in [4.78, 5) is 5.72. The van der Waals surface area contributed by atoms with Crippen LogP contribution in [0.3, 0.4) is 0 Å². The first-order valence-electron chi connectivity index (χ1n) is 5.82. The lowest BCUT2D eigenvalue weighted by atomic mass is 10.1. The number of aromatic nitrogens is 1. The molecule has 2 nitrogen and oxygen atoms in total. The van der Waals surface area contributed by atoms with Crippen LogP contribution in [0.5, 0.6) is 0 Å². The van der Waals surface area contributed by atoms with Crippen LogP contribution in [0.2, 0.25) is 5.02 Å². The van der Waals surface area contributed by atoms with Gasteiger partial charge in [0.2, 0.25) is 0 Å². The van der Waals surface area contributed by atoms with Crippen LogP contribution in [-0.4, -0.2) is 4.98 Å². The molecule has 2 aromatic rings. The molecule has 2 N–H and O–H groups in total. The average molecular weight is 344 g/mol. The summed E-state index contributed by atoms with van der Waals surface area (Å²) >= 11 is 11.3. The SMILES string of the molecule is Nc1nc(C2CC2)c(Cc2ccc(Br)cc2Cl)s1. The van der Waals surface area contributed by atoms with E-state index in [0.29, 0.717) is 11.0 Å². The number of nitrogens with two attached hydrogens (primary N) is 1. The lowest BCUT2D eigenvalue weighted by Crippen LogP contribution is -1.92.